The predicted octanol–water partition coefficient (Wildman–Crippen LogP) is 2.53. The summed E-state index contributed by atoms with van der Waals surface area (Å²) in [7, 11) is 1.75. The number of hydrogen-bond donors (Lipinski definition) is 1. The van der Waals surface area contributed by atoms with Crippen molar-refractivity contribution in [3.63, 3.8) is 0 Å². The highest BCUT2D eigenvalue weighted by Crippen LogP contribution is 2.25. The van der Waals surface area contributed by atoms with Crippen LogP contribution in [0.1, 0.15) is 37.4 Å². The minimum atomic E-state index is -0.211. The molecule has 0 aliphatic heterocycles. The SMILES string of the molecule is CCC(CC)(OC)C(N)Cc1csc(C)n1. The molecule has 0 spiro atoms. The third-order valence-electron chi connectivity index (χ3n) is 3.37. The van der Waals surface area contributed by atoms with Gasteiger partial charge in [-0.15, -0.1) is 11.3 Å². The van der Waals surface area contributed by atoms with Crippen LogP contribution in [0.4, 0.5) is 0 Å². The lowest BCUT2D eigenvalue weighted by Crippen LogP contribution is -2.50. The summed E-state index contributed by atoms with van der Waals surface area (Å²) >= 11 is 1.67. The van der Waals surface area contributed by atoms with Crippen molar-refractivity contribution in [2.75, 3.05) is 7.11 Å². The molecular weight excluding hydrogens is 220 g/mol. The van der Waals surface area contributed by atoms with Gasteiger partial charge in [-0.05, 0) is 19.8 Å². The number of nitrogens with zero attached hydrogens (tertiary/aromatic N) is 1. The Balaban J connectivity index is 2.72. The van der Waals surface area contributed by atoms with E-state index in [1.165, 1.54) is 0 Å². The Morgan fingerprint density at radius 1 is 1.50 bits per heavy atom. The fraction of sp³-hybridized carbons (Fsp3) is 0.750. The second-order valence-corrected chi connectivity index (χ2v) is 5.21. The Morgan fingerprint density at radius 2 is 2.12 bits per heavy atom. The number of nitrogens with two attached hydrogens (primary N) is 1. The van der Waals surface area contributed by atoms with Gasteiger partial charge in [0.05, 0.1) is 16.3 Å². The molecule has 0 aliphatic rings. The molecule has 0 saturated heterocycles. The van der Waals surface area contributed by atoms with Crippen LogP contribution < -0.4 is 5.73 Å². The van der Waals surface area contributed by atoms with Crippen molar-refractivity contribution in [2.45, 2.75) is 51.7 Å². The van der Waals surface area contributed by atoms with Gasteiger partial charge in [0.25, 0.3) is 0 Å². The smallest absolute Gasteiger partial charge is 0.0897 e. The van der Waals surface area contributed by atoms with E-state index in [0.717, 1.165) is 30.0 Å². The van der Waals surface area contributed by atoms with E-state index in [0.29, 0.717) is 0 Å². The van der Waals surface area contributed by atoms with Gasteiger partial charge in [0.1, 0.15) is 0 Å². The molecular formula is C12H22N2OS. The van der Waals surface area contributed by atoms with Crippen molar-refractivity contribution in [1.82, 2.24) is 4.98 Å². The van der Waals surface area contributed by atoms with Crippen LogP contribution in [0.15, 0.2) is 5.38 Å². The topological polar surface area (TPSA) is 48.1 Å². The Kier molecular flexibility index (Phi) is 4.89. The zero-order chi connectivity index (χ0) is 12.2. The molecule has 2 N–H and O–H groups in total. The van der Waals surface area contributed by atoms with E-state index in [-0.39, 0.29) is 11.6 Å². The number of aromatic nitrogens is 1. The molecule has 0 aromatic carbocycles. The first kappa shape index (κ1) is 13.6. The summed E-state index contributed by atoms with van der Waals surface area (Å²) in [6.07, 6.45) is 2.66. The second-order valence-electron chi connectivity index (χ2n) is 4.14. The molecule has 0 saturated carbocycles. The summed E-state index contributed by atoms with van der Waals surface area (Å²) in [6.45, 7) is 6.27. The van der Waals surface area contributed by atoms with Crippen LogP contribution in [-0.4, -0.2) is 23.7 Å². The number of thiazole rings is 1. The second kappa shape index (κ2) is 5.75. The van der Waals surface area contributed by atoms with Crippen molar-refractivity contribution in [3.05, 3.63) is 16.1 Å². The fourth-order valence-corrected chi connectivity index (χ4v) is 2.75. The zero-order valence-electron chi connectivity index (χ0n) is 10.6. The molecule has 0 amide bonds. The van der Waals surface area contributed by atoms with Gasteiger partial charge in [0.2, 0.25) is 0 Å². The lowest BCUT2D eigenvalue weighted by atomic mass is 9.86. The average Bonchev–Trinajstić information content (AvgIpc) is 2.67. The summed E-state index contributed by atoms with van der Waals surface area (Å²) in [5, 5.41) is 3.18. The van der Waals surface area contributed by atoms with Gasteiger partial charge in [-0.25, -0.2) is 4.98 Å². The summed E-state index contributed by atoms with van der Waals surface area (Å²) in [5.74, 6) is 0. The first-order chi connectivity index (χ1) is 7.57. The minimum Gasteiger partial charge on any atom is -0.377 e. The maximum absolute atomic E-state index is 6.27. The standard InChI is InChI=1S/C12H22N2OS/c1-5-12(6-2,15-4)11(13)7-10-8-16-9(3)14-10/h8,11H,5-7,13H2,1-4H3. The molecule has 3 nitrogen and oxygen atoms in total. The molecule has 1 aromatic rings. The van der Waals surface area contributed by atoms with Gasteiger partial charge >= 0.3 is 0 Å². The Hall–Kier alpha value is -0.450. The molecule has 0 bridgehead atoms. The lowest BCUT2D eigenvalue weighted by Gasteiger charge is -2.36. The first-order valence-electron chi connectivity index (χ1n) is 5.79. The van der Waals surface area contributed by atoms with Crippen LogP contribution in [0, 0.1) is 6.92 Å². The number of ether oxygens (including phenoxy) is 1. The molecule has 0 radical (unpaired) electrons. The molecule has 1 aromatic heterocycles. The molecule has 0 fully saturated rings. The van der Waals surface area contributed by atoms with E-state index in [1.807, 2.05) is 6.92 Å². The predicted molar refractivity (Wildman–Crippen MR) is 68.9 cm³/mol. The van der Waals surface area contributed by atoms with Crippen LogP contribution in [0.3, 0.4) is 0 Å². The van der Waals surface area contributed by atoms with E-state index >= 15 is 0 Å². The Morgan fingerprint density at radius 3 is 2.50 bits per heavy atom. The van der Waals surface area contributed by atoms with Gasteiger partial charge in [-0.3, -0.25) is 0 Å². The van der Waals surface area contributed by atoms with E-state index in [4.69, 9.17) is 10.5 Å². The Bertz CT molecular complexity index is 312. The summed E-state index contributed by atoms with van der Waals surface area (Å²) in [4.78, 5) is 4.45. The van der Waals surface area contributed by atoms with E-state index < -0.39 is 0 Å². The number of methoxy groups -OCH3 is 1. The first-order valence-corrected chi connectivity index (χ1v) is 6.67. The van der Waals surface area contributed by atoms with Gasteiger partial charge in [0, 0.05) is 25.0 Å². The zero-order valence-corrected chi connectivity index (χ0v) is 11.4. The Labute approximate surface area is 102 Å². The third kappa shape index (κ3) is 2.81. The van der Waals surface area contributed by atoms with Crippen LogP contribution in [-0.2, 0) is 11.2 Å². The van der Waals surface area contributed by atoms with E-state index in [9.17, 15) is 0 Å². The highest BCUT2D eigenvalue weighted by molar-refractivity contribution is 7.09. The summed E-state index contributed by atoms with van der Waals surface area (Å²) < 4.78 is 5.63. The van der Waals surface area contributed by atoms with Crippen molar-refractivity contribution in [1.29, 1.82) is 0 Å². The van der Waals surface area contributed by atoms with Crippen LogP contribution in [0.2, 0.25) is 0 Å². The molecule has 16 heavy (non-hydrogen) atoms. The third-order valence-corrected chi connectivity index (χ3v) is 4.20. The number of hydrogen-bond acceptors (Lipinski definition) is 4. The highest BCUT2D eigenvalue weighted by atomic mass is 32.1. The summed E-state index contributed by atoms with van der Waals surface area (Å²) in [6, 6.07) is 0.00833. The van der Waals surface area contributed by atoms with E-state index in [1.54, 1.807) is 18.4 Å². The van der Waals surface area contributed by atoms with Crippen molar-refractivity contribution in [3.8, 4) is 0 Å². The van der Waals surface area contributed by atoms with E-state index in [2.05, 4.69) is 24.2 Å². The molecule has 1 atom stereocenters. The maximum Gasteiger partial charge on any atom is 0.0897 e. The van der Waals surface area contributed by atoms with Crippen LogP contribution in [0.25, 0.3) is 0 Å². The molecule has 4 heteroatoms. The normalized spacial score (nSPS) is 14.1. The van der Waals surface area contributed by atoms with Crippen LogP contribution >= 0.6 is 11.3 Å². The molecule has 1 unspecified atom stereocenters. The number of aryl methyl sites for hydroxylation is 1. The highest BCUT2D eigenvalue weighted by Gasteiger charge is 2.33. The molecule has 1 rings (SSSR count). The van der Waals surface area contributed by atoms with Gasteiger partial charge in [-0.2, -0.15) is 0 Å². The van der Waals surface area contributed by atoms with Gasteiger partial charge < -0.3 is 10.5 Å². The van der Waals surface area contributed by atoms with Crippen molar-refractivity contribution in [2.24, 2.45) is 5.73 Å². The van der Waals surface area contributed by atoms with Gasteiger partial charge in [0.15, 0.2) is 0 Å². The molecule has 92 valence electrons. The minimum absolute atomic E-state index is 0.00833. The maximum atomic E-state index is 6.27. The largest absolute Gasteiger partial charge is 0.377 e. The van der Waals surface area contributed by atoms with Crippen LogP contribution in [0.5, 0.6) is 0 Å². The van der Waals surface area contributed by atoms with Gasteiger partial charge in [-0.1, -0.05) is 13.8 Å². The van der Waals surface area contributed by atoms with Crippen molar-refractivity contribution >= 4 is 11.3 Å². The lowest BCUT2D eigenvalue weighted by molar-refractivity contribution is -0.0375. The summed E-state index contributed by atoms with van der Waals surface area (Å²) in [5.41, 5.74) is 7.14. The molecule has 1 heterocycles. The average molecular weight is 242 g/mol. The number of rotatable bonds is 6. The fourth-order valence-electron chi connectivity index (χ4n) is 2.13. The molecule has 0 aliphatic carbocycles. The van der Waals surface area contributed by atoms with Crippen molar-refractivity contribution < 1.29 is 4.74 Å². The quantitative estimate of drug-likeness (QED) is 0.834. The monoisotopic (exact) mass is 242 g/mol.